The average Bonchev–Trinajstić information content (AvgIpc) is 2.59. The minimum Gasteiger partial charge on any atom is -0.495 e. The number of methoxy groups -OCH3 is 1. The average molecular weight is 271 g/mol. The number of pyridine rings is 1. The van der Waals surface area contributed by atoms with E-state index < -0.39 is 5.97 Å². The summed E-state index contributed by atoms with van der Waals surface area (Å²) in [5, 5.41) is 8.76. The van der Waals surface area contributed by atoms with Crippen molar-refractivity contribution in [1.29, 1.82) is 0 Å². The fraction of sp³-hybridized carbons (Fsp3) is 0.111. The fourth-order valence-electron chi connectivity index (χ4n) is 1.25. The second-order valence-electron chi connectivity index (χ2n) is 2.89. The van der Waals surface area contributed by atoms with Crippen molar-refractivity contribution in [3.8, 4) is 5.75 Å². The zero-order valence-corrected chi connectivity index (χ0v) is 9.35. The SMILES string of the molecule is COc1cc2nc(C(=O)O)cn2cc1Br. The number of hydrogen-bond acceptors (Lipinski definition) is 3. The molecule has 0 radical (unpaired) electrons. The Labute approximate surface area is 93.4 Å². The van der Waals surface area contributed by atoms with E-state index in [9.17, 15) is 4.79 Å². The normalized spacial score (nSPS) is 10.5. The second kappa shape index (κ2) is 3.54. The third-order valence-electron chi connectivity index (χ3n) is 1.95. The van der Waals surface area contributed by atoms with Crippen LogP contribution in [0.2, 0.25) is 0 Å². The van der Waals surface area contributed by atoms with Gasteiger partial charge in [-0.2, -0.15) is 0 Å². The summed E-state index contributed by atoms with van der Waals surface area (Å²) in [6.45, 7) is 0. The van der Waals surface area contributed by atoms with E-state index in [-0.39, 0.29) is 5.69 Å². The van der Waals surface area contributed by atoms with Crippen LogP contribution in [0.5, 0.6) is 5.75 Å². The number of nitrogens with zero attached hydrogens (tertiary/aromatic N) is 2. The van der Waals surface area contributed by atoms with Gasteiger partial charge in [0.15, 0.2) is 5.69 Å². The number of halogens is 1. The number of fused-ring (bicyclic) bond motifs is 1. The van der Waals surface area contributed by atoms with Gasteiger partial charge in [-0.25, -0.2) is 9.78 Å². The van der Waals surface area contributed by atoms with Crippen LogP contribution in [0.1, 0.15) is 10.5 Å². The Kier molecular flexibility index (Phi) is 2.36. The van der Waals surface area contributed by atoms with Crippen LogP contribution in [-0.4, -0.2) is 27.6 Å². The monoisotopic (exact) mass is 270 g/mol. The maximum absolute atomic E-state index is 10.7. The predicted octanol–water partition coefficient (Wildman–Crippen LogP) is 1.80. The van der Waals surface area contributed by atoms with Gasteiger partial charge in [0.1, 0.15) is 11.4 Å². The molecule has 2 rings (SSSR count). The summed E-state index contributed by atoms with van der Waals surface area (Å²) in [6, 6.07) is 1.66. The van der Waals surface area contributed by atoms with Crippen molar-refractivity contribution in [2.75, 3.05) is 7.11 Å². The molecule has 0 aliphatic heterocycles. The molecule has 0 aliphatic rings. The lowest BCUT2D eigenvalue weighted by molar-refractivity contribution is 0.0691. The first-order chi connectivity index (χ1) is 7.11. The smallest absolute Gasteiger partial charge is 0.356 e. The first-order valence-electron chi connectivity index (χ1n) is 4.07. The third kappa shape index (κ3) is 1.68. The molecule has 0 amide bonds. The molecule has 0 saturated carbocycles. The minimum atomic E-state index is -1.05. The molecule has 2 heterocycles. The van der Waals surface area contributed by atoms with Gasteiger partial charge in [-0.1, -0.05) is 0 Å². The Balaban J connectivity index is 2.66. The Morgan fingerprint density at radius 2 is 2.33 bits per heavy atom. The summed E-state index contributed by atoms with van der Waals surface area (Å²) in [5.74, 6) is -0.432. The summed E-state index contributed by atoms with van der Waals surface area (Å²) < 4.78 is 7.44. The van der Waals surface area contributed by atoms with Crippen LogP contribution in [0.15, 0.2) is 22.9 Å². The molecule has 15 heavy (non-hydrogen) atoms. The lowest BCUT2D eigenvalue weighted by atomic mass is 10.4. The van der Waals surface area contributed by atoms with Crippen LogP contribution in [0, 0.1) is 0 Å². The number of imidazole rings is 1. The molecule has 0 bridgehead atoms. The summed E-state index contributed by atoms with van der Waals surface area (Å²) >= 11 is 3.30. The van der Waals surface area contributed by atoms with Gasteiger partial charge in [0.2, 0.25) is 0 Å². The molecule has 0 aromatic carbocycles. The highest BCUT2D eigenvalue weighted by atomic mass is 79.9. The van der Waals surface area contributed by atoms with Crippen molar-refractivity contribution in [2.45, 2.75) is 0 Å². The molecule has 0 aliphatic carbocycles. The molecule has 0 fully saturated rings. The highest BCUT2D eigenvalue weighted by Crippen LogP contribution is 2.25. The van der Waals surface area contributed by atoms with Crippen molar-refractivity contribution in [3.05, 3.63) is 28.6 Å². The Morgan fingerprint density at radius 3 is 2.93 bits per heavy atom. The summed E-state index contributed by atoms with van der Waals surface area (Å²) in [5.41, 5.74) is 0.544. The van der Waals surface area contributed by atoms with Crippen molar-refractivity contribution in [1.82, 2.24) is 9.38 Å². The van der Waals surface area contributed by atoms with Gasteiger partial charge >= 0.3 is 5.97 Å². The van der Waals surface area contributed by atoms with E-state index in [1.165, 1.54) is 13.3 Å². The second-order valence-corrected chi connectivity index (χ2v) is 3.74. The number of carboxylic acids is 1. The molecule has 5 nitrogen and oxygen atoms in total. The molecule has 78 valence electrons. The van der Waals surface area contributed by atoms with E-state index in [0.717, 1.165) is 4.47 Å². The number of carboxylic acid groups (broad SMARTS) is 1. The van der Waals surface area contributed by atoms with Crippen molar-refractivity contribution >= 4 is 27.5 Å². The van der Waals surface area contributed by atoms with E-state index >= 15 is 0 Å². The van der Waals surface area contributed by atoms with Gasteiger partial charge in [-0.3, -0.25) is 0 Å². The fourth-order valence-corrected chi connectivity index (χ4v) is 1.75. The van der Waals surface area contributed by atoms with Crippen LogP contribution < -0.4 is 4.74 Å². The van der Waals surface area contributed by atoms with Gasteiger partial charge in [0, 0.05) is 18.5 Å². The predicted molar refractivity (Wildman–Crippen MR) is 56.4 cm³/mol. The zero-order chi connectivity index (χ0) is 11.0. The quantitative estimate of drug-likeness (QED) is 0.904. The number of carbonyl (C=O) groups is 1. The number of aromatic carboxylic acids is 1. The van der Waals surface area contributed by atoms with Crippen LogP contribution in [0.25, 0.3) is 5.65 Å². The van der Waals surface area contributed by atoms with E-state index in [2.05, 4.69) is 20.9 Å². The molecule has 1 N–H and O–H groups in total. The summed E-state index contributed by atoms with van der Waals surface area (Å²) in [6.07, 6.45) is 3.15. The highest BCUT2D eigenvalue weighted by Gasteiger charge is 2.10. The lowest BCUT2D eigenvalue weighted by Gasteiger charge is -2.02. The summed E-state index contributed by atoms with van der Waals surface area (Å²) in [4.78, 5) is 14.6. The molecule has 2 aromatic rings. The largest absolute Gasteiger partial charge is 0.495 e. The van der Waals surface area contributed by atoms with Gasteiger partial charge < -0.3 is 14.2 Å². The molecule has 0 saturated heterocycles. The van der Waals surface area contributed by atoms with E-state index in [4.69, 9.17) is 9.84 Å². The van der Waals surface area contributed by atoms with Crippen LogP contribution >= 0.6 is 15.9 Å². The molecular formula is C9H7BrN2O3. The number of ether oxygens (including phenoxy) is 1. The van der Waals surface area contributed by atoms with Crippen molar-refractivity contribution in [2.24, 2.45) is 0 Å². The van der Waals surface area contributed by atoms with Crippen LogP contribution in [0.3, 0.4) is 0 Å². The molecule has 0 unspecified atom stereocenters. The summed E-state index contributed by atoms with van der Waals surface area (Å²) in [7, 11) is 1.54. The molecule has 0 spiro atoms. The van der Waals surface area contributed by atoms with Crippen LogP contribution in [0.4, 0.5) is 0 Å². The van der Waals surface area contributed by atoms with Crippen molar-refractivity contribution in [3.63, 3.8) is 0 Å². The van der Waals surface area contributed by atoms with Gasteiger partial charge in [-0.05, 0) is 15.9 Å². The first kappa shape index (κ1) is 9.97. The van der Waals surface area contributed by atoms with E-state index in [1.807, 2.05) is 0 Å². The number of rotatable bonds is 2. The Bertz CT molecular complexity index is 535. The van der Waals surface area contributed by atoms with E-state index in [0.29, 0.717) is 11.4 Å². The van der Waals surface area contributed by atoms with Gasteiger partial charge in [0.05, 0.1) is 11.6 Å². The Morgan fingerprint density at radius 1 is 1.60 bits per heavy atom. The van der Waals surface area contributed by atoms with Crippen LogP contribution in [-0.2, 0) is 0 Å². The van der Waals surface area contributed by atoms with Gasteiger partial charge in [0.25, 0.3) is 0 Å². The topological polar surface area (TPSA) is 63.8 Å². The standard InChI is InChI=1S/C9H7BrN2O3/c1-15-7-2-8-11-6(9(13)14)4-12(8)3-5(7)10/h2-4H,1H3,(H,13,14). The van der Waals surface area contributed by atoms with E-state index in [1.54, 1.807) is 16.7 Å². The van der Waals surface area contributed by atoms with Gasteiger partial charge in [-0.15, -0.1) is 0 Å². The molecular weight excluding hydrogens is 264 g/mol. The maximum Gasteiger partial charge on any atom is 0.356 e. The minimum absolute atomic E-state index is 0.00940. The highest BCUT2D eigenvalue weighted by molar-refractivity contribution is 9.10. The molecule has 2 aromatic heterocycles. The third-order valence-corrected chi connectivity index (χ3v) is 2.54. The molecule has 0 atom stereocenters. The number of hydrogen-bond donors (Lipinski definition) is 1. The Hall–Kier alpha value is -1.56. The lowest BCUT2D eigenvalue weighted by Crippen LogP contribution is -1.94. The molecule has 6 heteroatoms. The van der Waals surface area contributed by atoms with Crippen molar-refractivity contribution < 1.29 is 14.6 Å². The maximum atomic E-state index is 10.7. The first-order valence-corrected chi connectivity index (χ1v) is 4.86. The number of aromatic nitrogens is 2. The zero-order valence-electron chi connectivity index (χ0n) is 7.77.